The summed E-state index contributed by atoms with van der Waals surface area (Å²) in [5.74, 6) is -0.668. The highest BCUT2D eigenvalue weighted by molar-refractivity contribution is 6.42. The number of benzene rings is 1. The van der Waals surface area contributed by atoms with E-state index in [9.17, 15) is 9.59 Å². The van der Waals surface area contributed by atoms with Crippen LogP contribution in [0.4, 0.5) is 0 Å². The fourth-order valence-electron chi connectivity index (χ4n) is 5.00. The van der Waals surface area contributed by atoms with Crippen molar-refractivity contribution < 1.29 is 14.3 Å². The molecular weight excluding hydrogens is 483 g/mol. The van der Waals surface area contributed by atoms with Gasteiger partial charge in [-0.2, -0.15) is 0 Å². The standard InChI is InChI=1S/C28H30Cl2N2O3/c1-17-14-21(18(2)32(17)22-10-11-24(29)25(30)16-22)15-23-26(28(34)35-4)19(3)31(27(23)33)13-12-20-8-6-5-7-9-20/h8,10-11,14-16H,5-7,9,12-13H2,1-4H3/b23-15-. The fraction of sp³-hybridized carbons (Fsp3) is 0.357. The molecule has 4 rings (SSSR count). The molecule has 0 unspecified atom stereocenters. The Morgan fingerprint density at radius 3 is 2.54 bits per heavy atom. The van der Waals surface area contributed by atoms with Gasteiger partial charge in [-0.05, 0) is 88.8 Å². The van der Waals surface area contributed by atoms with Crippen molar-refractivity contribution in [3.63, 3.8) is 0 Å². The van der Waals surface area contributed by atoms with Gasteiger partial charge in [-0.25, -0.2) is 4.79 Å². The first kappa shape index (κ1) is 25.3. The highest BCUT2D eigenvalue weighted by atomic mass is 35.5. The third-order valence-corrected chi connectivity index (χ3v) is 7.61. The largest absolute Gasteiger partial charge is 0.465 e. The van der Waals surface area contributed by atoms with Crippen molar-refractivity contribution in [2.45, 2.75) is 52.9 Å². The summed E-state index contributed by atoms with van der Waals surface area (Å²) in [4.78, 5) is 28.0. The van der Waals surface area contributed by atoms with E-state index in [1.165, 1.54) is 25.5 Å². The number of halogens is 2. The summed E-state index contributed by atoms with van der Waals surface area (Å²) in [5.41, 5.74) is 6.34. The Kier molecular flexibility index (Phi) is 7.58. The van der Waals surface area contributed by atoms with Gasteiger partial charge in [0.25, 0.3) is 5.91 Å². The third-order valence-electron chi connectivity index (χ3n) is 6.87. The normalized spacial score (nSPS) is 17.4. The first-order valence-electron chi connectivity index (χ1n) is 11.9. The van der Waals surface area contributed by atoms with Gasteiger partial charge in [0.15, 0.2) is 0 Å². The Labute approximate surface area is 216 Å². The van der Waals surface area contributed by atoms with Gasteiger partial charge in [0.1, 0.15) is 0 Å². The van der Waals surface area contributed by atoms with Crippen molar-refractivity contribution >= 4 is 41.2 Å². The van der Waals surface area contributed by atoms with Gasteiger partial charge in [0.05, 0.1) is 28.3 Å². The maximum atomic E-state index is 13.5. The van der Waals surface area contributed by atoms with E-state index < -0.39 is 5.97 Å². The summed E-state index contributed by atoms with van der Waals surface area (Å²) in [5, 5.41) is 0.960. The van der Waals surface area contributed by atoms with Crippen LogP contribution < -0.4 is 0 Å². The molecule has 2 aliphatic rings. The lowest BCUT2D eigenvalue weighted by Crippen LogP contribution is -2.26. The zero-order valence-electron chi connectivity index (χ0n) is 20.6. The van der Waals surface area contributed by atoms with Crippen LogP contribution >= 0.6 is 23.2 Å². The summed E-state index contributed by atoms with van der Waals surface area (Å²) < 4.78 is 7.11. The average Bonchev–Trinajstić information content (AvgIpc) is 3.25. The minimum absolute atomic E-state index is 0.168. The van der Waals surface area contributed by atoms with E-state index in [0.717, 1.165) is 41.9 Å². The maximum absolute atomic E-state index is 13.5. The van der Waals surface area contributed by atoms with Gasteiger partial charge in [0, 0.05) is 29.3 Å². The van der Waals surface area contributed by atoms with E-state index in [1.54, 1.807) is 17.0 Å². The van der Waals surface area contributed by atoms with E-state index in [0.29, 0.717) is 33.4 Å². The van der Waals surface area contributed by atoms with Crippen molar-refractivity contribution in [1.82, 2.24) is 9.47 Å². The van der Waals surface area contributed by atoms with Crippen molar-refractivity contribution in [1.29, 1.82) is 0 Å². The SMILES string of the molecule is COC(=O)C1=C(C)N(CCC2=CCCCC2)C(=O)/C1=C\c1cc(C)n(-c2ccc(Cl)c(Cl)c2)c1C. The average molecular weight is 513 g/mol. The maximum Gasteiger partial charge on any atom is 0.340 e. The lowest BCUT2D eigenvalue weighted by molar-refractivity contribution is -0.136. The quantitative estimate of drug-likeness (QED) is 0.238. The predicted octanol–water partition coefficient (Wildman–Crippen LogP) is 6.96. The summed E-state index contributed by atoms with van der Waals surface area (Å²) in [7, 11) is 1.34. The van der Waals surface area contributed by atoms with Gasteiger partial charge >= 0.3 is 5.97 Å². The fourth-order valence-corrected chi connectivity index (χ4v) is 5.29. The number of hydrogen-bond donors (Lipinski definition) is 0. The number of ether oxygens (including phenoxy) is 1. The molecular formula is C28H30Cl2N2O3. The molecule has 0 spiro atoms. The number of aryl methyl sites for hydroxylation is 1. The Morgan fingerprint density at radius 2 is 1.89 bits per heavy atom. The van der Waals surface area contributed by atoms with E-state index in [1.807, 2.05) is 39.0 Å². The Hall–Kier alpha value is -2.76. The van der Waals surface area contributed by atoms with Crippen LogP contribution in [0.25, 0.3) is 11.8 Å². The molecule has 2 heterocycles. The minimum atomic E-state index is -0.500. The van der Waals surface area contributed by atoms with Crippen LogP contribution in [0.15, 0.2) is 52.8 Å². The minimum Gasteiger partial charge on any atom is -0.465 e. The molecule has 2 aromatic rings. The van der Waals surface area contributed by atoms with E-state index in [2.05, 4.69) is 10.6 Å². The first-order chi connectivity index (χ1) is 16.7. The molecule has 0 N–H and O–H groups in total. The highest BCUT2D eigenvalue weighted by Crippen LogP contribution is 2.34. The molecule has 1 aromatic heterocycles. The Bertz CT molecular complexity index is 1280. The molecule has 1 aromatic carbocycles. The molecule has 0 atom stereocenters. The Morgan fingerprint density at radius 1 is 1.11 bits per heavy atom. The third kappa shape index (κ3) is 4.98. The van der Waals surface area contributed by atoms with Crippen LogP contribution in [0, 0.1) is 13.8 Å². The van der Waals surface area contributed by atoms with Crippen LogP contribution in [0.3, 0.4) is 0 Å². The summed E-state index contributed by atoms with van der Waals surface area (Å²) in [6, 6.07) is 7.47. The van der Waals surface area contributed by atoms with Crippen LogP contribution in [0.2, 0.25) is 10.0 Å². The lowest BCUT2D eigenvalue weighted by Gasteiger charge is -2.20. The van der Waals surface area contributed by atoms with Crippen molar-refractivity contribution in [2.24, 2.45) is 0 Å². The summed E-state index contributed by atoms with van der Waals surface area (Å²) in [6.45, 7) is 6.33. The number of carbonyl (C=O) groups excluding carboxylic acids is 2. The number of carbonyl (C=O) groups is 2. The number of esters is 1. The first-order valence-corrected chi connectivity index (χ1v) is 12.6. The number of nitrogens with zero attached hydrogens (tertiary/aromatic N) is 2. The van der Waals surface area contributed by atoms with E-state index in [4.69, 9.17) is 27.9 Å². The number of methoxy groups -OCH3 is 1. The molecule has 0 saturated carbocycles. The molecule has 5 nitrogen and oxygen atoms in total. The lowest BCUT2D eigenvalue weighted by atomic mass is 9.97. The van der Waals surface area contributed by atoms with E-state index >= 15 is 0 Å². The Balaban J connectivity index is 1.71. The van der Waals surface area contributed by atoms with Gasteiger partial charge in [-0.1, -0.05) is 34.9 Å². The zero-order chi connectivity index (χ0) is 25.3. The highest BCUT2D eigenvalue weighted by Gasteiger charge is 2.37. The molecule has 184 valence electrons. The molecule has 0 radical (unpaired) electrons. The second kappa shape index (κ2) is 10.5. The van der Waals surface area contributed by atoms with Crippen molar-refractivity contribution in [3.8, 4) is 5.69 Å². The smallest absolute Gasteiger partial charge is 0.340 e. The van der Waals surface area contributed by atoms with Gasteiger partial charge < -0.3 is 14.2 Å². The molecule has 0 fully saturated rings. The summed E-state index contributed by atoms with van der Waals surface area (Å²) in [6.07, 6.45) is 9.51. The molecule has 7 heteroatoms. The number of rotatable bonds is 6. The van der Waals surface area contributed by atoms with Crippen LogP contribution in [-0.2, 0) is 14.3 Å². The summed E-state index contributed by atoms with van der Waals surface area (Å²) >= 11 is 12.3. The van der Waals surface area contributed by atoms with Crippen molar-refractivity contribution in [3.05, 3.63) is 79.8 Å². The van der Waals surface area contributed by atoms with Gasteiger partial charge in [-0.3, -0.25) is 4.79 Å². The molecule has 1 aliphatic heterocycles. The second-order valence-corrected chi connectivity index (χ2v) is 9.90. The van der Waals surface area contributed by atoms with Crippen LogP contribution in [-0.4, -0.2) is 35.0 Å². The second-order valence-electron chi connectivity index (χ2n) is 9.09. The molecule has 35 heavy (non-hydrogen) atoms. The van der Waals surface area contributed by atoms with E-state index in [-0.39, 0.29) is 5.91 Å². The van der Waals surface area contributed by atoms with Gasteiger partial charge in [-0.15, -0.1) is 0 Å². The number of allylic oxidation sites excluding steroid dienone is 2. The molecule has 1 amide bonds. The molecule has 0 saturated heterocycles. The van der Waals surface area contributed by atoms with Gasteiger partial charge in [0.2, 0.25) is 0 Å². The monoisotopic (exact) mass is 512 g/mol. The predicted molar refractivity (Wildman–Crippen MR) is 141 cm³/mol. The number of amides is 1. The van der Waals surface area contributed by atoms with Crippen LogP contribution in [0.5, 0.6) is 0 Å². The molecule has 1 aliphatic carbocycles. The number of hydrogen-bond acceptors (Lipinski definition) is 3. The topological polar surface area (TPSA) is 51.5 Å². The zero-order valence-corrected chi connectivity index (χ0v) is 22.1. The molecule has 0 bridgehead atoms. The van der Waals surface area contributed by atoms with Crippen LogP contribution in [0.1, 0.15) is 56.0 Å². The number of aromatic nitrogens is 1. The van der Waals surface area contributed by atoms with Crippen molar-refractivity contribution in [2.75, 3.05) is 13.7 Å².